The number of carbonyl (C=O) groups is 1. The molecule has 0 unspecified atom stereocenters. The van der Waals surface area contributed by atoms with Gasteiger partial charge in [0.05, 0.1) is 24.7 Å². The van der Waals surface area contributed by atoms with E-state index in [9.17, 15) is 4.79 Å². The second-order valence-corrected chi connectivity index (χ2v) is 11.1. The monoisotopic (exact) mass is 433 g/mol. The summed E-state index contributed by atoms with van der Waals surface area (Å²) in [5, 5.41) is 0. The molecule has 170 valence electrons. The summed E-state index contributed by atoms with van der Waals surface area (Å²) in [7, 11) is 0. The van der Waals surface area contributed by atoms with Gasteiger partial charge in [-0.2, -0.15) is 0 Å². The molecule has 5 heteroatoms. The number of carbonyl (C=O) groups excluding carboxylic acids is 1. The number of hydrogen-bond acceptors (Lipinski definition) is 4. The highest BCUT2D eigenvalue weighted by atomic mass is 16.5. The van der Waals surface area contributed by atoms with Crippen LogP contribution in [0.5, 0.6) is 5.88 Å². The van der Waals surface area contributed by atoms with Crippen LogP contribution in [0.1, 0.15) is 77.8 Å². The molecule has 32 heavy (non-hydrogen) atoms. The summed E-state index contributed by atoms with van der Waals surface area (Å²) >= 11 is 0. The van der Waals surface area contributed by atoms with Gasteiger partial charge in [-0.3, -0.25) is 9.78 Å². The van der Waals surface area contributed by atoms with Crippen LogP contribution in [-0.4, -0.2) is 33.4 Å². The molecule has 2 heterocycles. The Balaban J connectivity index is 1.31. The van der Waals surface area contributed by atoms with E-state index in [0.29, 0.717) is 42.2 Å². The van der Waals surface area contributed by atoms with Gasteiger partial charge in [-0.15, -0.1) is 0 Å². The van der Waals surface area contributed by atoms with Crippen molar-refractivity contribution in [2.45, 2.75) is 78.2 Å². The lowest BCUT2D eigenvalue weighted by atomic mass is 9.49. The Morgan fingerprint density at radius 3 is 2.69 bits per heavy atom. The molecule has 1 saturated heterocycles. The number of aromatic nitrogens is 2. The minimum absolute atomic E-state index is 0.142. The molecule has 0 N–H and O–H groups in total. The minimum atomic E-state index is 0.142. The standard InChI is InChI=1S/C27H35N3O2/c1-4-32-24-16-28-15-22(29-24)21-9-8-19-18-7-10-23-27(3,20(18)11-13-26(19,21)2)14-12-25(31)30(23)17-5-6-17/h9-10,15-20H,4-8,11-14H2,1-3H3/t18-,19-,20-,26-,27+/m0/s1. The van der Waals surface area contributed by atoms with E-state index in [1.54, 1.807) is 6.20 Å². The van der Waals surface area contributed by atoms with E-state index in [4.69, 9.17) is 9.72 Å². The first kappa shape index (κ1) is 20.4. The Bertz CT molecular complexity index is 1010. The fraction of sp³-hybridized carbons (Fsp3) is 0.667. The third-order valence-corrected chi connectivity index (χ3v) is 9.48. The number of piperidine rings is 1. The van der Waals surface area contributed by atoms with Crippen molar-refractivity contribution in [3.05, 3.63) is 35.9 Å². The summed E-state index contributed by atoms with van der Waals surface area (Å²) in [5.41, 5.74) is 4.03. The molecule has 1 amide bonds. The molecule has 0 bridgehead atoms. The van der Waals surface area contributed by atoms with Gasteiger partial charge >= 0.3 is 0 Å². The second-order valence-electron chi connectivity index (χ2n) is 11.1. The molecular weight excluding hydrogens is 398 g/mol. The van der Waals surface area contributed by atoms with Crippen molar-refractivity contribution >= 4 is 11.5 Å². The highest BCUT2D eigenvalue weighted by Crippen LogP contribution is 2.66. The van der Waals surface area contributed by atoms with Crippen molar-refractivity contribution in [3.63, 3.8) is 0 Å². The smallest absolute Gasteiger partial charge is 0.232 e. The van der Waals surface area contributed by atoms with E-state index in [-0.39, 0.29) is 10.8 Å². The quantitative estimate of drug-likeness (QED) is 0.639. The molecule has 0 aromatic carbocycles. The van der Waals surface area contributed by atoms with Gasteiger partial charge in [-0.25, -0.2) is 4.98 Å². The van der Waals surface area contributed by atoms with Gasteiger partial charge < -0.3 is 9.64 Å². The third-order valence-electron chi connectivity index (χ3n) is 9.48. The lowest BCUT2D eigenvalue weighted by Crippen LogP contribution is -2.54. The number of ether oxygens (including phenoxy) is 1. The Kier molecular flexibility index (Phi) is 4.58. The van der Waals surface area contributed by atoms with E-state index < -0.39 is 0 Å². The maximum Gasteiger partial charge on any atom is 0.232 e. The summed E-state index contributed by atoms with van der Waals surface area (Å²) < 4.78 is 5.64. The SMILES string of the molecule is CCOc1cncc(C2=CC[C@H]3[C@@H]4CC=C5N(C6CC6)C(=O)CC[C@]5(C)[C@H]4CC[C@]23C)n1. The second kappa shape index (κ2) is 7.16. The van der Waals surface area contributed by atoms with Crippen molar-refractivity contribution in [2.75, 3.05) is 6.61 Å². The summed E-state index contributed by atoms with van der Waals surface area (Å²) in [6.07, 6.45) is 17.3. The summed E-state index contributed by atoms with van der Waals surface area (Å²) in [4.78, 5) is 24.2. The molecular formula is C27H35N3O2. The number of likely N-dealkylation sites (tertiary alicyclic amines) is 1. The molecule has 2 saturated carbocycles. The lowest BCUT2D eigenvalue weighted by molar-refractivity contribution is -0.137. The molecule has 1 aromatic heterocycles. The number of amides is 1. The normalized spacial score (nSPS) is 38.4. The third kappa shape index (κ3) is 2.85. The lowest BCUT2D eigenvalue weighted by Gasteiger charge is -2.58. The molecule has 3 fully saturated rings. The average Bonchev–Trinajstić information content (AvgIpc) is 3.55. The van der Waals surface area contributed by atoms with Gasteiger partial charge in [0.15, 0.2) is 0 Å². The van der Waals surface area contributed by atoms with Crippen LogP contribution in [0.4, 0.5) is 0 Å². The Morgan fingerprint density at radius 2 is 1.91 bits per heavy atom. The first-order valence-corrected chi connectivity index (χ1v) is 12.6. The van der Waals surface area contributed by atoms with Gasteiger partial charge in [0.2, 0.25) is 11.8 Å². The van der Waals surface area contributed by atoms with E-state index in [1.807, 2.05) is 13.1 Å². The van der Waals surface area contributed by atoms with Gasteiger partial charge in [0.25, 0.3) is 0 Å². The fourth-order valence-corrected chi connectivity index (χ4v) is 7.78. The minimum Gasteiger partial charge on any atom is -0.477 e. The largest absolute Gasteiger partial charge is 0.477 e. The molecule has 4 aliphatic carbocycles. The van der Waals surface area contributed by atoms with Gasteiger partial charge in [0, 0.05) is 23.6 Å². The van der Waals surface area contributed by atoms with Crippen LogP contribution in [0.2, 0.25) is 0 Å². The molecule has 5 aliphatic rings. The number of nitrogens with zero attached hydrogens (tertiary/aromatic N) is 3. The summed E-state index contributed by atoms with van der Waals surface area (Å²) in [6, 6.07) is 0.481. The fourth-order valence-electron chi connectivity index (χ4n) is 7.78. The van der Waals surface area contributed by atoms with Gasteiger partial charge in [0.1, 0.15) is 0 Å². The van der Waals surface area contributed by atoms with Crippen LogP contribution in [0.25, 0.3) is 5.57 Å². The zero-order chi connectivity index (χ0) is 22.1. The first-order valence-electron chi connectivity index (χ1n) is 12.6. The van der Waals surface area contributed by atoms with Crippen LogP contribution >= 0.6 is 0 Å². The number of fused-ring (bicyclic) bond motifs is 5. The number of hydrogen-bond donors (Lipinski definition) is 0. The van der Waals surface area contributed by atoms with E-state index in [0.717, 1.165) is 31.4 Å². The van der Waals surface area contributed by atoms with Crippen molar-refractivity contribution in [1.29, 1.82) is 0 Å². The predicted octanol–water partition coefficient (Wildman–Crippen LogP) is 5.39. The predicted molar refractivity (Wildman–Crippen MR) is 124 cm³/mol. The highest BCUT2D eigenvalue weighted by molar-refractivity contribution is 5.81. The van der Waals surface area contributed by atoms with Gasteiger partial charge in [-0.05, 0) is 80.6 Å². The molecule has 0 radical (unpaired) electrons. The van der Waals surface area contributed by atoms with Crippen molar-refractivity contribution in [1.82, 2.24) is 14.9 Å². The Labute approximate surface area is 191 Å². The number of allylic oxidation sites excluding steroid dienone is 4. The number of rotatable bonds is 4. The molecule has 6 rings (SSSR count). The molecule has 1 aliphatic heterocycles. The van der Waals surface area contributed by atoms with Crippen molar-refractivity contribution in [3.8, 4) is 5.88 Å². The van der Waals surface area contributed by atoms with E-state index in [2.05, 4.69) is 35.9 Å². The van der Waals surface area contributed by atoms with E-state index in [1.165, 1.54) is 37.0 Å². The summed E-state index contributed by atoms with van der Waals surface area (Å²) in [6.45, 7) is 7.52. The zero-order valence-corrected chi connectivity index (χ0v) is 19.6. The topological polar surface area (TPSA) is 55.3 Å². The Hall–Kier alpha value is -2.17. The van der Waals surface area contributed by atoms with Crippen LogP contribution < -0.4 is 4.74 Å². The molecule has 0 spiro atoms. The van der Waals surface area contributed by atoms with Crippen LogP contribution in [0.3, 0.4) is 0 Å². The maximum absolute atomic E-state index is 12.8. The Morgan fingerprint density at radius 1 is 1.06 bits per heavy atom. The van der Waals surface area contributed by atoms with Gasteiger partial charge in [-0.1, -0.05) is 26.0 Å². The average molecular weight is 434 g/mol. The first-order chi connectivity index (χ1) is 15.5. The summed E-state index contributed by atoms with van der Waals surface area (Å²) in [5.74, 6) is 2.97. The van der Waals surface area contributed by atoms with Crippen molar-refractivity contribution < 1.29 is 9.53 Å². The van der Waals surface area contributed by atoms with E-state index >= 15 is 0 Å². The van der Waals surface area contributed by atoms with Crippen LogP contribution in [0.15, 0.2) is 30.2 Å². The molecule has 5 atom stereocenters. The maximum atomic E-state index is 12.8. The molecule has 5 nitrogen and oxygen atoms in total. The molecule has 1 aromatic rings. The van der Waals surface area contributed by atoms with Crippen LogP contribution in [-0.2, 0) is 4.79 Å². The van der Waals surface area contributed by atoms with Crippen LogP contribution in [0, 0.1) is 28.6 Å². The van der Waals surface area contributed by atoms with Crippen molar-refractivity contribution in [2.24, 2.45) is 28.6 Å². The highest BCUT2D eigenvalue weighted by Gasteiger charge is 2.59. The zero-order valence-electron chi connectivity index (χ0n) is 19.6.